The van der Waals surface area contributed by atoms with Gasteiger partial charge in [0.15, 0.2) is 0 Å². The van der Waals surface area contributed by atoms with Gasteiger partial charge in [0.2, 0.25) is 10.4 Å². The van der Waals surface area contributed by atoms with Crippen LogP contribution in [-0.4, -0.2) is 43.1 Å². The minimum atomic E-state index is -4.92. The first-order chi connectivity index (χ1) is 21.8. The first kappa shape index (κ1) is 58.9. The number of carbonyl (C=O) groups is 1. The van der Waals surface area contributed by atoms with Gasteiger partial charge in [0.25, 0.3) is 0 Å². The molecule has 48 heavy (non-hydrogen) atoms. The van der Waals surface area contributed by atoms with E-state index in [0.717, 1.165) is 51.4 Å². The minimum Gasteiger partial charge on any atom is -0.726 e. The van der Waals surface area contributed by atoms with Gasteiger partial charge in [0, 0.05) is 5.97 Å². The average Bonchev–Trinajstić information content (AvgIpc) is 2.96. The standard InChI is InChI=1S/C22H42O2.C12H26O4S.K.Na.H2O4S/c1-3-5-7-8-9-10-11-12-13-14-15-16-17-18-20-21(22(23)24)19-6-4-2;1-2-3-4-5-6-7-8-9-10-11-12-16-17(13,14)15;;;1-5(2,3)4/h12-13,21H,3-11,14-20H2,1-2H3,(H,23,24);2-12H2,1H3,(H,13,14,15);;;(H2,1,2,3,4)/q;;2*+1;/p-2. The molecule has 0 aromatic heterocycles. The summed E-state index contributed by atoms with van der Waals surface area (Å²) in [7, 11) is -9.15. The smallest absolute Gasteiger partial charge is 0.726 e. The molecule has 0 spiro atoms. The monoisotopic (exact) mass is 762 g/mol. The van der Waals surface area contributed by atoms with Gasteiger partial charge in [-0.2, -0.15) is 8.42 Å². The van der Waals surface area contributed by atoms with Crippen molar-refractivity contribution >= 4 is 26.8 Å². The molecular formula is C34H68KNaO10S2. The van der Waals surface area contributed by atoms with Crippen molar-refractivity contribution in [2.75, 3.05) is 6.61 Å². The molecule has 2 N–H and O–H groups in total. The maximum atomic E-state index is 11.1. The molecule has 0 aliphatic rings. The molecule has 278 valence electrons. The summed E-state index contributed by atoms with van der Waals surface area (Å²) in [5.74, 6) is -1.07. The zero-order valence-corrected chi connectivity index (χ0v) is 38.1. The van der Waals surface area contributed by atoms with Crippen molar-refractivity contribution in [1.29, 1.82) is 0 Å². The molecule has 14 heteroatoms. The Labute approximate surface area is 360 Å². The molecule has 0 fully saturated rings. The van der Waals surface area contributed by atoms with Crippen LogP contribution >= 0.6 is 0 Å². The molecule has 1 atom stereocenters. The van der Waals surface area contributed by atoms with E-state index in [1.165, 1.54) is 109 Å². The van der Waals surface area contributed by atoms with Crippen LogP contribution in [0.4, 0.5) is 0 Å². The van der Waals surface area contributed by atoms with E-state index in [0.29, 0.717) is 6.42 Å². The van der Waals surface area contributed by atoms with Crippen LogP contribution in [0.3, 0.4) is 0 Å². The number of aliphatic carboxylic acids is 1. The number of allylic oxidation sites excluding steroid dienone is 2. The molecule has 0 aromatic rings. The summed E-state index contributed by atoms with van der Waals surface area (Å²) in [5, 5.41) is 11.1. The summed E-state index contributed by atoms with van der Waals surface area (Å²) in [4.78, 5) is 11.1. The Morgan fingerprint density at radius 1 is 0.604 bits per heavy atom. The van der Waals surface area contributed by atoms with Gasteiger partial charge < -0.3 is 14.5 Å². The summed E-state index contributed by atoms with van der Waals surface area (Å²) in [6.45, 7) is 6.67. The second-order valence-corrected chi connectivity index (χ2v) is 14.0. The van der Waals surface area contributed by atoms with Crippen LogP contribution in [0.2, 0.25) is 0 Å². The molecular weight excluding hydrogens is 695 g/mol. The molecule has 0 saturated heterocycles. The number of carbonyl (C=O) groups excluding carboxylic acids is 1. The number of unbranched alkanes of at least 4 members (excludes halogenated alkanes) is 20. The average molecular weight is 763 g/mol. The third-order valence-electron chi connectivity index (χ3n) is 7.53. The molecule has 0 radical (unpaired) electrons. The van der Waals surface area contributed by atoms with Crippen LogP contribution in [0.5, 0.6) is 0 Å². The summed E-state index contributed by atoms with van der Waals surface area (Å²) in [5.41, 5.74) is 0. The van der Waals surface area contributed by atoms with Crippen molar-refractivity contribution in [3.05, 3.63) is 12.2 Å². The minimum absolute atomic E-state index is 0. The van der Waals surface area contributed by atoms with E-state index in [2.05, 4.69) is 37.1 Å². The van der Waals surface area contributed by atoms with Gasteiger partial charge in [0.05, 0.1) is 6.61 Å². The van der Waals surface area contributed by atoms with Crippen molar-refractivity contribution in [3.8, 4) is 0 Å². The summed E-state index contributed by atoms with van der Waals surface area (Å²) >= 11 is 0. The van der Waals surface area contributed by atoms with Crippen LogP contribution < -0.4 is 86.0 Å². The Morgan fingerprint density at radius 3 is 1.27 bits per heavy atom. The van der Waals surface area contributed by atoms with Gasteiger partial charge in [-0.25, -0.2) is 12.6 Å². The molecule has 0 rings (SSSR count). The van der Waals surface area contributed by atoms with Crippen LogP contribution in [0.15, 0.2) is 12.2 Å². The third-order valence-corrected chi connectivity index (χ3v) is 8.00. The van der Waals surface area contributed by atoms with Crippen LogP contribution in [-0.2, 0) is 29.8 Å². The van der Waals surface area contributed by atoms with Crippen LogP contribution in [0.1, 0.15) is 188 Å². The Bertz CT molecular complexity index is 880. The molecule has 0 aliphatic carbocycles. The van der Waals surface area contributed by atoms with Gasteiger partial charge in [-0.3, -0.25) is 9.11 Å². The maximum absolute atomic E-state index is 11.1. The number of carboxylic acids is 1. The van der Waals surface area contributed by atoms with Gasteiger partial charge in [-0.1, -0.05) is 155 Å². The van der Waals surface area contributed by atoms with Crippen molar-refractivity contribution in [3.63, 3.8) is 0 Å². The first-order valence-electron chi connectivity index (χ1n) is 17.9. The van der Waals surface area contributed by atoms with Crippen molar-refractivity contribution in [1.82, 2.24) is 0 Å². The zero-order valence-electron chi connectivity index (χ0n) is 31.3. The van der Waals surface area contributed by atoms with E-state index in [1.54, 1.807) is 0 Å². The predicted molar refractivity (Wildman–Crippen MR) is 185 cm³/mol. The largest absolute Gasteiger partial charge is 1.00 e. The number of hydrogen-bond donors (Lipinski definition) is 2. The van der Waals surface area contributed by atoms with Gasteiger partial charge in [-0.15, -0.1) is 0 Å². The molecule has 0 bridgehead atoms. The Morgan fingerprint density at radius 2 is 0.917 bits per heavy atom. The third kappa shape index (κ3) is 65.9. The molecule has 1 unspecified atom stereocenters. The number of hydrogen-bond acceptors (Lipinski definition) is 8. The van der Waals surface area contributed by atoms with E-state index in [1.807, 2.05) is 0 Å². The topological polar surface area (TPSA) is 181 Å². The van der Waals surface area contributed by atoms with Crippen molar-refractivity contribution < 1.29 is 126 Å². The van der Waals surface area contributed by atoms with Gasteiger partial charge in [0.1, 0.15) is 0 Å². The Kier molecular flexibility index (Phi) is 54.9. The fourth-order valence-electron chi connectivity index (χ4n) is 4.87. The second kappa shape index (κ2) is 44.7. The zero-order chi connectivity index (χ0) is 35.4. The SMILES string of the molecule is CCCCCCCCC=CCCCCCCC(CCCC)C(=O)[O-].CCCCCCCCCCCCOS(=O)(=O)O.O=S(=O)([O-])O.[K+].[Na+]. The molecule has 0 heterocycles. The van der Waals surface area contributed by atoms with Crippen molar-refractivity contribution in [2.45, 2.75) is 188 Å². The summed E-state index contributed by atoms with van der Waals surface area (Å²) in [6.07, 6.45) is 35.5. The molecule has 10 nitrogen and oxygen atoms in total. The van der Waals surface area contributed by atoms with E-state index < -0.39 is 26.8 Å². The van der Waals surface area contributed by atoms with Crippen molar-refractivity contribution in [2.24, 2.45) is 5.92 Å². The van der Waals surface area contributed by atoms with E-state index in [4.69, 9.17) is 22.1 Å². The van der Waals surface area contributed by atoms with E-state index >= 15 is 0 Å². The van der Waals surface area contributed by atoms with E-state index in [-0.39, 0.29) is 93.5 Å². The Balaban J connectivity index is -0.000000225. The molecule has 0 aliphatic heterocycles. The summed E-state index contributed by atoms with van der Waals surface area (Å²) < 4.78 is 65.8. The second-order valence-electron chi connectivity index (χ2n) is 12.0. The van der Waals surface area contributed by atoms with E-state index in [9.17, 15) is 18.3 Å². The fraction of sp³-hybridized carbons (Fsp3) is 0.912. The molecule has 0 aromatic carbocycles. The van der Waals surface area contributed by atoms with Crippen LogP contribution in [0, 0.1) is 5.92 Å². The molecule has 0 saturated carbocycles. The molecule has 0 amide bonds. The predicted octanol–water partition coefficient (Wildman–Crippen LogP) is 2.93. The first-order valence-corrected chi connectivity index (χ1v) is 20.7. The normalized spacial score (nSPS) is 11.8. The Hall–Kier alpha value is 1.59. The van der Waals surface area contributed by atoms with Crippen LogP contribution in [0.25, 0.3) is 0 Å². The number of rotatable bonds is 30. The van der Waals surface area contributed by atoms with Gasteiger partial charge in [-0.05, 0) is 50.9 Å². The van der Waals surface area contributed by atoms with Gasteiger partial charge >= 0.3 is 91.3 Å². The maximum Gasteiger partial charge on any atom is 1.00 e. The number of carboxylic acid groups (broad SMARTS) is 1. The summed E-state index contributed by atoms with van der Waals surface area (Å²) in [6, 6.07) is 0. The quantitative estimate of drug-likeness (QED) is 0.0363. The fourth-order valence-corrected chi connectivity index (χ4v) is 5.20.